The normalized spacial score (nSPS) is 15.3. The van der Waals surface area contributed by atoms with Crippen molar-refractivity contribution >= 4 is 5.95 Å². The van der Waals surface area contributed by atoms with Gasteiger partial charge in [0, 0.05) is 44.0 Å². The van der Waals surface area contributed by atoms with E-state index in [9.17, 15) is 9.18 Å². The van der Waals surface area contributed by atoms with E-state index in [0.29, 0.717) is 17.3 Å². The topological polar surface area (TPSA) is 70.1 Å². The molecule has 3 heterocycles. The number of aryl methyl sites for hydroxylation is 1. The molecule has 1 aliphatic heterocycles. The molecule has 1 fully saturated rings. The molecule has 27 heavy (non-hydrogen) atoms. The van der Waals surface area contributed by atoms with E-state index in [1.54, 1.807) is 18.3 Å². The van der Waals surface area contributed by atoms with Crippen molar-refractivity contribution < 1.29 is 4.39 Å². The number of hydrogen-bond donors (Lipinski definition) is 1. The number of benzene rings is 1. The molecular formula is C19H21FN6O. The zero-order chi connectivity index (χ0) is 19.0. The van der Waals surface area contributed by atoms with Crippen molar-refractivity contribution in [3.05, 3.63) is 58.4 Å². The number of nitrogens with zero attached hydrogens (tertiary/aromatic N) is 5. The summed E-state index contributed by atoms with van der Waals surface area (Å²) in [5, 5.41) is 3.02. The first-order valence-electron chi connectivity index (χ1n) is 8.87. The van der Waals surface area contributed by atoms with E-state index in [1.165, 1.54) is 22.9 Å². The molecule has 7 nitrogen and oxygen atoms in total. The van der Waals surface area contributed by atoms with E-state index in [4.69, 9.17) is 0 Å². The summed E-state index contributed by atoms with van der Waals surface area (Å²) in [6.07, 6.45) is 1.73. The highest BCUT2D eigenvalue weighted by molar-refractivity contribution is 5.61. The van der Waals surface area contributed by atoms with Crippen LogP contribution in [0.2, 0.25) is 0 Å². The second-order valence-electron chi connectivity index (χ2n) is 6.78. The number of aromatic amines is 1. The van der Waals surface area contributed by atoms with Gasteiger partial charge < -0.3 is 9.80 Å². The van der Waals surface area contributed by atoms with Crippen LogP contribution in [0.15, 0.2) is 41.3 Å². The lowest BCUT2D eigenvalue weighted by Crippen LogP contribution is -2.45. The molecule has 1 saturated heterocycles. The van der Waals surface area contributed by atoms with Crippen LogP contribution in [-0.2, 0) is 0 Å². The standard InChI is InChI=1S/C19H21FN6O/c1-13-16(12-21-19(22-13)25-8-6-24(2)7-9-25)17-11-18(27)26(23-17)15-5-3-4-14(20)10-15/h3-5,10-12,23H,6-9H2,1-2H3. The average Bonchev–Trinajstić information content (AvgIpc) is 3.03. The number of anilines is 1. The van der Waals surface area contributed by atoms with Gasteiger partial charge in [0.05, 0.1) is 17.1 Å². The zero-order valence-corrected chi connectivity index (χ0v) is 15.3. The van der Waals surface area contributed by atoms with Gasteiger partial charge in [-0.1, -0.05) is 6.07 Å². The number of nitrogens with one attached hydrogen (secondary N) is 1. The summed E-state index contributed by atoms with van der Waals surface area (Å²) in [4.78, 5) is 25.9. The molecule has 4 rings (SSSR count). The van der Waals surface area contributed by atoms with E-state index in [2.05, 4.69) is 31.9 Å². The Morgan fingerprint density at radius 3 is 2.63 bits per heavy atom. The van der Waals surface area contributed by atoms with Gasteiger partial charge in [0.15, 0.2) is 0 Å². The lowest BCUT2D eigenvalue weighted by atomic mass is 10.2. The van der Waals surface area contributed by atoms with E-state index >= 15 is 0 Å². The van der Waals surface area contributed by atoms with Crippen molar-refractivity contribution in [1.82, 2.24) is 24.6 Å². The van der Waals surface area contributed by atoms with Crippen LogP contribution in [0, 0.1) is 12.7 Å². The Morgan fingerprint density at radius 1 is 1.15 bits per heavy atom. The third-order valence-electron chi connectivity index (χ3n) is 4.83. The molecule has 8 heteroatoms. The fourth-order valence-corrected chi connectivity index (χ4v) is 3.22. The lowest BCUT2D eigenvalue weighted by Gasteiger charge is -2.32. The summed E-state index contributed by atoms with van der Waals surface area (Å²) >= 11 is 0. The van der Waals surface area contributed by atoms with Crippen LogP contribution >= 0.6 is 0 Å². The van der Waals surface area contributed by atoms with Gasteiger partial charge in [-0.3, -0.25) is 9.89 Å². The van der Waals surface area contributed by atoms with Crippen molar-refractivity contribution in [3.63, 3.8) is 0 Å². The summed E-state index contributed by atoms with van der Waals surface area (Å²) in [5.74, 6) is 0.308. The van der Waals surface area contributed by atoms with E-state index in [-0.39, 0.29) is 5.56 Å². The quantitative estimate of drug-likeness (QED) is 0.764. The number of hydrogen-bond acceptors (Lipinski definition) is 5. The molecule has 1 N–H and O–H groups in total. The maximum Gasteiger partial charge on any atom is 0.271 e. The van der Waals surface area contributed by atoms with Crippen LogP contribution in [-0.4, -0.2) is 57.9 Å². The first kappa shape index (κ1) is 17.4. The first-order chi connectivity index (χ1) is 13.0. The molecule has 140 valence electrons. The SMILES string of the molecule is Cc1nc(N2CCN(C)CC2)ncc1-c1cc(=O)n(-c2cccc(F)c2)[nH]1. The Labute approximate surface area is 156 Å². The second-order valence-corrected chi connectivity index (χ2v) is 6.78. The maximum atomic E-state index is 13.5. The molecule has 1 aliphatic rings. The van der Waals surface area contributed by atoms with E-state index in [1.807, 2.05) is 6.92 Å². The highest BCUT2D eigenvalue weighted by atomic mass is 19.1. The highest BCUT2D eigenvalue weighted by Gasteiger charge is 2.18. The fraction of sp³-hybridized carbons (Fsp3) is 0.316. The van der Waals surface area contributed by atoms with Crippen molar-refractivity contribution in [3.8, 4) is 16.9 Å². The van der Waals surface area contributed by atoms with Crippen molar-refractivity contribution in [2.75, 3.05) is 38.1 Å². The molecule has 0 saturated carbocycles. The summed E-state index contributed by atoms with van der Waals surface area (Å²) in [6.45, 7) is 5.64. The smallest absolute Gasteiger partial charge is 0.271 e. The predicted octanol–water partition coefficient (Wildman–Crippen LogP) is 1.82. The Balaban J connectivity index is 1.64. The monoisotopic (exact) mass is 368 g/mol. The predicted molar refractivity (Wildman–Crippen MR) is 102 cm³/mol. The fourth-order valence-electron chi connectivity index (χ4n) is 3.22. The van der Waals surface area contributed by atoms with Crippen molar-refractivity contribution in [1.29, 1.82) is 0 Å². The Bertz CT molecular complexity index is 1020. The van der Waals surface area contributed by atoms with Gasteiger partial charge >= 0.3 is 0 Å². The van der Waals surface area contributed by atoms with Crippen LogP contribution in [0.1, 0.15) is 5.69 Å². The number of rotatable bonds is 3. The van der Waals surface area contributed by atoms with Gasteiger partial charge in [0.1, 0.15) is 5.82 Å². The zero-order valence-electron chi connectivity index (χ0n) is 15.3. The van der Waals surface area contributed by atoms with Gasteiger partial charge in [0.2, 0.25) is 5.95 Å². The lowest BCUT2D eigenvalue weighted by molar-refractivity contribution is 0.311. The van der Waals surface area contributed by atoms with Crippen LogP contribution in [0.25, 0.3) is 16.9 Å². The van der Waals surface area contributed by atoms with Crippen LogP contribution < -0.4 is 10.5 Å². The number of halogens is 1. The largest absolute Gasteiger partial charge is 0.338 e. The van der Waals surface area contributed by atoms with Crippen molar-refractivity contribution in [2.45, 2.75) is 6.92 Å². The molecule has 3 aromatic rings. The summed E-state index contributed by atoms with van der Waals surface area (Å²) in [5.41, 5.74) is 2.32. The summed E-state index contributed by atoms with van der Waals surface area (Å²) < 4.78 is 14.8. The van der Waals surface area contributed by atoms with Crippen LogP contribution in [0.4, 0.5) is 10.3 Å². The van der Waals surface area contributed by atoms with Gasteiger partial charge in [-0.15, -0.1) is 0 Å². The average molecular weight is 368 g/mol. The minimum Gasteiger partial charge on any atom is -0.338 e. The van der Waals surface area contributed by atoms with Gasteiger partial charge in [-0.2, -0.15) is 0 Å². The van der Waals surface area contributed by atoms with Crippen LogP contribution in [0.5, 0.6) is 0 Å². The van der Waals surface area contributed by atoms with Crippen molar-refractivity contribution in [2.24, 2.45) is 0 Å². The van der Waals surface area contributed by atoms with Gasteiger partial charge in [-0.05, 0) is 32.2 Å². The minimum atomic E-state index is -0.397. The highest BCUT2D eigenvalue weighted by Crippen LogP contribution is 2.21. The Morgan fingerprint density at radius 2 is 1.93 bits per heavy atom. The van der Waals surface area contributed by atoms with E-state index in [0.717, 1.165) is 37.4 Å². The molecule has 0 atom stereocenters. The summed E-state index contributed by atoms with van der Waals surface area (Å²) in [6, 6.07) is 7.36. The van der Waals surface area contributed by atoms with E-state index < -0.39 is 5.82 Å². The number of piperazine rings is 1. The maximum absolute atomic E-state index is 13.5. The number of H-pyrrole nitrogens is 1. The number of aromatic nitrogens is 4. The molecule has 1 aromatic carbocycles. The Kier molecular flexibility index (Phi) is 4.49. The van der Waals surface area contributed by atoms with Gasteiger partial charge in [0.25, 0.3) is 5.56 Å². The van der Waals surface area contributed by atoms with Crippen LogP contribution in [0.3, 0.4) is 0 Å². The molecule has 2 aromatic heterocycles. The molecular weight excluding hydrogens is 347 g/mol. The third kappa shape index (κ3) is 3.48. The Hall–Kier alpha value is -3.00. The third-order valence-corrected chi connectivity index (χ3v) is 4.83. The second kappa shape index (κ2) is 6.96. The molecule has 0 spiro atoms. The molecule has 0 amide bonds. The molecule has 0 aliphatic carbocycles. The minimum absolute atomic E-state index is 0.266. The first-order valence-corrected chi connectivity index (χ1v) is 8.87. The molecule has 0 radical (unpaired) electrons. The molecule has 0 bridgehead atoms. The molecule has 0 unspecified atom stereocenters. The summed E-state index contributed by atoms with van der Waals surface area (Å²) in [7, 11) is 2.10. The van der Waals surface area contributed by atoms with Gasteiger partial charge in [-0.25, -0.2) is 19.0 Å². The number of likely N-dealkylation sites (N-methyl/N-ethyl adjacent to an activating group) is 1.